The van der Waals surface area contributed by atoms with Gasteiger partial charge in [0.15, 0.2) is 6.10 Å². The van der Waals surface area contributed by atoms with Crippen molar-refractivity contribution in [3.63, 3.8) is 0 Å². The molecule has 0 aromatic heterocycles. The van der Waals surface area contributed by atoms with E-state index >= 15 is 0 Å². The highest BCUT2D eigenvalue weighted by molar-refractivity contribution is 5.71. The Morgan fingerprint density at radius 3 is 1.11 bits per heavy atom. The number of rotatable bonds is 45. The Morgan fingerprint density at radius 1 is 0.344 bits per heavy atom. The van der Waals surface area contributed by atoms with Crippen molar-refractivity contribution in [1.29, 1.82) is 0 Å². The summed E-state index contributed by atoms with van der Waals surface area (Å²) in [6.07, 6.45) is 61.8. The van der Waals surface area contributed by atoms with Crippen LogP contribution < -0.4 is 0 Å². The summed E-state index contributed by atoms with van der Waals surface area (Å²) in [5, 5.41) is 0. The molecule has 0 heterocycles. The zero-order valence-electron chi connectivity index (χ0n) is 39.9. The van der Waals surface area contributed by atoms with Gasteiger partial charge in [-0.3, -0.25) is 14.4 Å². The van der Waals surface area contributed by atoms with Crippen molar-refractivity contribution >= 4 is 17.9 Å². The molecule has 6 heteroatoms. The number of allylic oxidation sites excluding steroid dienone is 12. The van der Waals surface area contributed by atoms with E-state index in [9.17, 15) is 14.4 Å². The van der Waals surface area contributed by atoms with Crippen molar-refractivity contribution in [2.45, 2.75) is 245 Å². The predicted molar refractivity (Wildman–Crippen MR) is 261 cm³/mol. The van der Waals surface area contributed by atoms with Crippen LogP contribution in [0, 0.1) is 0 Å². The van der Waals surface area contributed by atoms with Gasteiger partial charge in [0.25, 0.3) is 0 Å². The lowest BCUT2D eigenvalue weighted by Gasteiger charge is -2.18. The number of unbranched alkanes of at least 4 members (excludes halogenated alkanes) is 22. The van der Waals surface area contributed by atoms with Crippen LogP contribution in [0.1, 0.15) is 239 Å². The summed E-state index contributed by atoms with van der Waals surface area (Å²) in [6, 6.07) is 0. The molecule has 350 valence electrons. The Balaban J connectivity index is 4.49. The Bertz CT molecular complexity index is 1160. The van der Waals surface area contributed by atoms with E-state index in [0.717, 1.165) is 83.5 Å². The van der Waals surface area contributed by atoms with Crippen LogP contribution in [0.5, 0.6) is 0 Å². The van der Waals surface area contributed by atoms with Gasteiger partial charge in [0.05, 0.1) is 0 Å². The highest BCUT2D eigenvalue weighted by atomic mass is 16.6. The van der Waals surface area contributed by atoms with E-state index in [1.165, 1.54) is 109 Å². The van der Waals surface area contributed by atoms with Gasteiger partial charge in [-0.05, 0) is 77.0 Å². The van der Waals surface area contributed by atoms with Crippen molar-refractivity contribution in [1.82, 2.24) is 0 Å². The van der Waals surface area contributed by atoms with E-state index in [0.29, 0.717) is 19.3 Å². The largest absolute Gasteiger partial charge is 0.462 e. The first-order chi connectivity index (χ1) is 30.0. The van der Waals surface area contributed by atoms with Crippen molar-refractivity contribution in [2.75, 3.05) is 13.2 Å². The van der Waals surface area contributed by atoms with Crippen molar-refractivity contribution in [3.8, 4) is 0 Å². The summed E-state index contributed by atoms with van der Waals surface area (Å²) in [5.74, 6) is -1.00. The highest BCUT2D eigenvalue weighted by Crippen LogP contribution is 2.15. The van der Waals surface area contributed by atoms with Crippen molar-refractivity contribution in [2.24, 2.45) is 0 Å². The predicted octanol–water partition coefficient (Wildman–Crippen LogP) is 16.6. The molecule has 0 N–H and O–H groups in total. The van der Waals surface area contributed by atoms with Gasteiger partial charge in [0, 0.05) is 19.3 Å². The lowest BCUT2D eigenvalue weighted by molar-refractivity contribution is -0.166. The minimum Gasteiger partial charge on any atom is -0.462 e. The van der Waals surface area contributed by atoms with Gasteiger partial charge < -0.3 is 14.2 Å². The fourth-order valence-electron chi connectivity index (χ4n) is 6.90. The second-order valence-electron chi connectivity index (χ2n) is 16.7. The molecule has 0 saturated carbocycles. The highest BCUT2D eigenvalue weighted by Gasteiger charge is 2.19. The van der Waals surface area contributed by atoms with E-state index in [2.05, 4.69) is 87.6 Å². The third-order valence-corrected chi connectivity index (χ3v) is 10.7. The molecule has 0 fully saturated rings. The third kappa shape index (κ3) is 47.7. The van der Waals surface area contributed by atoms with Crippen LogP contribution in [0.25, 0.3) is 0 Å². The van der Waals surface area contributed by atoms with E-state index in [4.69, 9.17) is 14.2 Å². The van der Waals surface area contributed by atoms with Crippen LogP contribution in [0.4, 0.5) is 0 Å². The summed E-state index contributed by atoms with van der Waals surface area (Å²) in [6.45, 7) is 6.44. The number of ether oxygens (including phenoxy) is 3. The Labute approximate surface area is 376 Å². The number of carbonyl (C=O) groups excluding carboxylic acids is 3. The molecule has 0 aliphatic rings. The molecular weight excluding hydrogens is 757 g/mol. The molecule has 0 aromatic rings. The third-order valence-electron chi connectivity index (χ3n) is 10.7. The minimum absolute atomic E-state index is 0.108. The molecule has 1 unspecified atom stereocenters. The van der Waals surface area contributed by atoms with Crippen LogP contribution in [0.15, 0.2) is 72.9 Å². The molecular formula is C55H94O6. The lowest BCUT2D eigenvalue weighted by atomic mass is 10.0. The molecule has 0 aromatic carbocycles. The van der Waals surface area contributed by atoms with Crippen LogP contribution in [0.3, 0.4) is 0 Å². The van der Waals surface area contributed by atoms with Gasteiger partial charge in [0.2, 0.25) is 0 Å². The summed E-state index contributed by atoms with van der Waals surface area (Å²) in [5.41, 5.74) is 0. The van der Waals surface area contributed by atoms with Gasteiger partial charge >= 0.3 is 17.9 Å². The van der Waals surface area contributed by atoms with E-state index in [-0.39, 0.29) is 37.5 Å². The molecule has 0 aliphatic carbocycles. The summed E-state index contributed by atoms with van der Waals surface area (Å²) >= 11 is 0. The summed E-state index contributed by atoms with van der Waals surface area (Å²) < 4.78 is 16.7. The van der Waals surface area contributed by atoms with Gasteiger partial charge in [-0.2, -0.15) is 0 Å². The van der Waals surface area contributed by atoms with Crippen LogP contribution in [-0.2, 0) is 28.6 Å². The first-order valence-corrected chi connectivity index (χ1v) is 25.4. The molecule has 61 heavy (non-hydrogen) atoms. The molecule has 0 spiro atoms. The molecule has 0 bridgehead atoms. The van der Waals surface area contributed by atoms with Gasteiger partial charge in [-0.15, -0.1) is 0 Å². The summed E-state index contributed by atoms with van der Waals surface area (Å²) in [4.78, 5) is 37.9. The first kappa shape index (κ1) is 57.9. The molecule has 0 amide bonds. The normalized spacial score (nSPS) is 12.6. The van der Waals surface area contributed by atoms with Gasteiger partial charge in [-0.25, -0.2) is 0 Å². The zero-order chi connectivity index (χ0) is 44.4. The van der Waals surface area contributed by atoms with Crippen molar-refractivity contribution < 1.29 is 28.6 Å². The maximum absolute atomic E-state index is 12.8. The molecule has 0 aliphatic heterocycles. The smallest absolute Gasteiger partial charge is 0.306 e. The quantitative estimate of drug-likeness (QED) is 0.0263. The van der Waals surface area contributed by atoms with Crippen LogP contribution >= 0.6 is 0 Å². The maximum Gasteiger partial charge on any atom is 0.306 e. The van der Waals surface area contributed by atoms with E-state index < -0.39 is 6.10 Å². The molecule has 0 radical (unpaired) electrons. The Hall–Kier alpha value is -3.15. The van der Waals surface area contributed by atoms with Crippen molar-refractivity contribution in [3.05, 3.63) is 72.9 Å². The second kappa shape index (κ2) is 49.5. The molecule has 0 saturated heterocycles. The van der Waals surface area contributed by atoms with Gasteiger partial charge in [-0.1, -0.05) is 216 Å². The van der Waals surface area contributed by atoms with Crippen LogP contribution in [0.2, 0.25) is 0 Å². The SMILES string of the molecule is CC/C=C\C/C=C\C/C=C\C/C=C\CCCCCC(=O)OCC(COC(=O)CC/C=C\C/C=C\CCCCCCCC)OC(=O)CCCCCCCCCCCCCCCC. The van der Waals surface area contributed by atoms with E-state index in [1.807, 2.05) is 6.08 Å². The number of hydrogen-bond acceptors (Lipinski definition) is 6. The fourth-order valence-corrected chi connectivity index (χ4v) is 6.90. The van der Waals surface area contributed by atoms with E-state index in [1.54, 1.807) is 0 Å². The average Bonchev–Trinajstić information content (AvgIpc) is 3.26. The summed E-state index contributed by atoms with van der Waals surface area (Å²) in [7, 11) is 0. The zero-order valence-corrected chi connectivity index (χ0v) is 39.9. The molecule has 1 atom stereocenters. The number of hydrogen-bond donors (Lipinski definition) is 0. The van der Waals surface area contributed by atoms with Crippen LogP contribution in [-0.4, -0.2) is 37.2 Å². The first-order valence-electron chi connectivity index (χ1n) is 25.4. The standard InChI is InChI=1S/C55H94O6/c1-4-7-10-13-16-19-22-25-27-28-31-33-36-39-42-45-48-54(57)60-51-52(50-59-53(56)47-44-41-38-35-32-29-24-21-18-15-12-9-6-3)61-55(58)49-46-43-40-37-34-30-26-23-20-17-14-11-8-5-2/h7,10,16,19,25,27,29,31-33,38,41,52H,4-6,8-9,11-15,17-18,20-24,26,28,30,34-37,39-40,42-51H2,1-3H3/b10-7-,19-16-,27-25-,32-29-,33-31-,41-38-. The maximum atomic E-state index is 12.8. The Kier molecular flexibility index (Phi) is 46.9. The molecule has 6 nitrogen and oxygen atoms in total. The number of esters is 3. The minimum atomic E-state index is -0.808. The molecule has 0 rings (SSSR count). The average molecular weight is 851 g/mol. The lowest BCUT2D eigenvalue weighted by Crippen LogP contribution is -2.30. The monoisotopic (exact) mass is 851 g/mol. The second-order valence-corrected chi connectivity index (χ2v) is 16.7. The Morgan fingerprint density at radius 2 is 0.672 bits per heavy atom. The fraction of sp³-hybridized carbons (Fsp3) is 0.727. The topological polar surface area (TPSA) is 78.9 Å². The van der Waals surface area contributed by atoms with Gasteiger partial charge in [0.1, 0.15) is 13.2 Å². The number of carbonyl (C=O) groups is 3.